The van der Waals surface area contributed by atoms with Crippen LogP contribution in [-0.2, 0) is 9.53 Å². The Morgan fingerprint density at radius 3 is 2.24 bits per heavy atom. The maximum absolute atomic E-state index is 12.4. The predicted molar refractivity (Wildman–Crippen MR) is 129 cm³/mol. The minimum Gasteiger partial charge on any atom is -0.478 e. The topological polar surface area (TPSA) is 105 Å². The van der Waals surface area contributed by atoms with E-state index in [2.05, 4.69) is 22.8 Å². The fraction of sp³-hybridized carbons (Fsp3) is 0.192. The molecule has 0 saturated carbocycles. The molecule has 0 bridgehead atoms. The van der Waals surface area contributed by atoms with Gasteiger partial charge in [0.05, 0.1) is 11.3 Å². The summed E-state index contributed by atoms with van der Waals surface area (Å²) in [6.45, 7) is 1.83. The average molecular weight is 479 g/mol. The molecule has 3 aromatic rings. The number of aromatic carboxylic acids is 1. The number of hydrogen-bond donors (Lipinski definition) is 3. The van der Waals surface area contributed by atoms with E-state index in [1.54, 1.807) is 6.92 Å². The van der Waals surface area contributed by atoms with Crippen molar-refractivity contribution < 1.29 is 24.2 Å². The number of carboxylic acids is 1. The van der Waals surface area contributed by atoms with Crippen molar-refractivity contribution >= 4 is 35.3 Å². The summed E-state index contributed by atoms with van der Waals surface area (Å²) in [5.74, 6) is -1.71. The van der Waals surface area contributed by atoms with E-state index in [1.165, 1.54) is 18.2 Å². The number of alkyl carbamates (subject to hydrolysis) is 1. The van der Waals surface area contributed by atoms with Crippen LogP contribution in [0.25, 0.3) is 11.1 Å². The van der Waals surface area contributed by atoms with Gasteiger partial charge in [-0.3, -0.25) is 4.79 Å². The fourth-order valence-corrected chi connectivity index (χ4v) is 4.35. The predicted octanol–water partition coefficient (Wildman–Crippen LogP) is 5.29. The number of benzene rings is 3. The van der Waals surface area contributed by atoms with Crippen LogP contribution in [-0.4, -0.2) is 35.7 Å². The highest BCUT2D eigenvalue weighted by Crippen LogP contribution is 2.44. The molecule has 4 rings (SSSR count). The fourth-order valence-electron chi connectivity index (χ4n) is 4.18. The first-order valence-corrected chi connectivity index (χ1v) is 11.2. The summed E-state index contributed by atoms with van der Waals surface area (Å²) in [6, 6.07) is 19.7. The summed E-state index contributed by atoms with van der Waals surface area (Å²) in [5.41, 5.74) is 4.52. The molecule has 8 heteroatoms. The minimum atomic E-state index is -1.18. The summed E-state index contributed by atoms with van der Waals surface area (Å²) < 4.78 is 5.50. The van der Waals surface area contributed by atoms with E-state index < -0.39 is 24.0 Å². The van der Waals surface area contributed by atoms with E-state index in [1.807, 2.05) is 36.4 Å². The van der Waals surface area contributed by atoms with Crippen molar-refractivity contribution in [3.05, 3.63) is 88.4 Å². The van der Waals surface area contributed by atoms with Gasteiger partial charge in [-0.1, -0.05) is 60.1 Å². The Kier molecular flexibility index (Phi) is 6.84. The van der Waals surface area contributed by atoms with Crippen LogP contribution in [0.4, 0.5) is 10.5 Å². The van der Waals surface area contributed by atoms with E-state index in [4.69, 9.17) is 16.3 Å². The molecule has 0 unspecified atom stereocenters. The lowest BCUT2D eigenvalue weighted by atomic mass is 9.98. The van der Waals surface area contributed by atoms with E-state index in [-0.39, 0.29) is 30.2 Å². The third kappa shape index (κ3) is 5.05. The second-order valence-electron chi connectivity index (χ2n) is 8.12. The molecule has 34 heavy (non-hydrogen) atoms. The zero-order chi connectivity index (χ0) is 24.2. The van der Waals surface area contributed by atoms with Gasteiger partial charge in [-0.2, -0.15) is 0 Å². The summed E-state index contributed by atoms with van der Waals surface area (Å²) in [4.78, 5) is 36.1. The molecule has 0 heterocycles. The summed E-state index contributed by atoms with van der Waals surface area (Å²) in [6.07, 6.45) is -0.702. The lowest BCUT2D eigenvalue weighted by Crippen LogP contribution is -2.36. The number of carbonyl (C=O) groups excluding carboxylic acids is 2. The summed E-state index contributed by atoms with van der Waals surface area (Å²) in [5, 5.41) is 14.8. The minimum absolute atomic E-state index is 0.0611. The second-order valence-corrected chi connectivity index (χ2v) is 8.55. The van der Waals surface area contributed by atoms with Gasteiger partial charge in [0.1, 0.15) is 6.61 Å². The SMILES string of the molecule is C[C@@H](CC(=O)Nc1cc(Cl)ccc1C(=O)O)NC(=O)OCC1c2ccccc2-c2ccccc21. The maximum Gasteiger partial charge on any atom is 0.407 e. The lowest BCUT2D eigenvalue weighted by Gasteiger charge is -2.17. The molecule has 3 N–H and O–H groups in total. The molecule has 174 valence electrons. The Balaban J connectivity index is 1.33. The zero-order valence-electron chi connectivity index (χ0n) is 18.4. The van der Waals surface area contributed by atoms with Crippen molar-refractivity contribution in [2.45, 2.75) is 25.3 Å². The number of ether oxygens (including phenoxy) is 1. The number of carbonyl (C=O) groups is 3. The van der Waals surface area contributed by atoms with Gasteiger partial charge in [0, 0.05) is 23.4 Å². The zero-order valence-corrected chi connectivity index (χ0v) is 19.1. The van der Waals surface area contributed by atoms with Crippen LogP contribution in [0.3, 0.4) is 0 Å². The average Bonchev–Trinajstić information content (AvgIpc) is 3.11. The summed E-state index contributed by atoms with van der Waals surface area (Å²) >= 11 is 5.91. The molecular weight excluding hydrogens is 456 g/mol. The highest BCUT2D eigenvalue weighted by atomic mass is 35.5. The number of carboxylic acid groups (broad SMARTS) is 1. The van der Waals surface area contributed by atoms with Crippen LogP contribution in [0.1, 0.15) is 40.7 Å². The molecule has 7 nitrogen and oxygen atoms in total. The Morgan fingerprint density at radius 2 is 1.62 bits per heavy atom. The van der Waals surface area contributed by atoms with Crippen molar-refractivity contribution in [2.24, 2.45) is 0 Å². The van der Waals surface area contributed by atoms with E-state index in [9.17, 15) is 19.5 Å². The molecule has 1 aliphatic rings. The van der Waals surface area contributed by atoms with Gasteiger partial charge >= 0.3 is 12.1 Å². The van der Waals surface area contributed by atoms with Crippen molar-refractivity contribution in [1.29, 1.82) is 0 Å². The van der Waals surface area contributed by atoms with E-state index in [0.717, 1.165) is 22.3 Å². The molecule has 0 saturated heterocycles. The van der Waals surface area contributed by atoms with Gasteiger partial charge in [-0.15, -0.1) is 0 Å². The molecule has 1 aliphatic carbocycles. The molecule has 0 aliphatic heterocycles. The van der Waals surface area contributed by atoms with Crippen molar-refractivity contribution in [3.63, 3.8) is 0 Å². The number of nitrogens with one attached hydrogen (secondary N) is 2. The van der Waals surface area contributed by atoms with Gasteiger partial charge < -0.3 is 20.5 Å². The number of hydrogen-bond acceptors (Lipinski definition) is 4. The van der Waals surface area contributed by atoms with Gasteiger partial charge in [0.15, 0.2) is 0 Å². The number of rotatable bonds is 7. The standard InChI is InChI=1S/C26H23ClN2O5/c1-15(12-24(30)29-23-13-16(27)10-11-21(23)25(31)32)28-26(33)34-14-22-19-8-4-2-6-17(19)18-7-3-5-9-20(18)22/h2-11,13,15,22H,12,14H2,1H3,(H,28,33)(H,29,30)(H,31,32)/t15-/m0/s1. The molecule has 0 aromatic heterocycles. The van der Waals surface area contributed by atoms with Crippen LogP contribution in [0.2, 0.25) is 5.02 Å². The Morgan fingerprint density at radius 1 is 1.00 bits per heavy atom. The molecule has 1 atom stereocenters. The van der Waals surface area contributed by atoms with Crippen molar-refractivity contribution in [1.82, 2.24) is 5.32 Å². The van der Waals surface area contributed by atoms with Gasteiger partial charge in [-0.05, 0) is 47.4 Å². The Hall–Kier alpha value is -3.84. The van der Waals surface area contributed by atoms with E-state index >= 15 is 0 Å². The highest BCUT2D eigenvalue weighted by Gasteiger charge is 2.29. The quantitative estimate of drug-likeness (QED) is 0.427. The number of halogens is 1. The lowest BCUT2D eigenvalue weighted by molar-refractivity contribution is -0.116. The Bertz CT molecular complexity index is 1210. The van der Waals surface area contributed by atoms with Crippen molar-refractivity contribution in [2.75, 3.05) is 11.9 Å². The maximum atomic E-state index is 12.4. The molecule has 0 spiro atoms. The number of anilines is 1. The second kappa shape index (κ2) is 9.97. The largest absolute Gasteiger partial charge is 0.478 e. The smallest absolute Gasteiger partial charge is 0.407 e. The van der Waals surface area contributed by atoms with Gasteiger partial charge in [0.25, 0.3) is 0 Å². The van der Waals surface area contributed by atoms with Crippen LogP contribution >= 0.6 is 11.6 Å². The monoisotopic (exact) mass is 478 g/mol. The van der Waals surface area contributed by atoms with Crippen molar-refractivity contribution in [3.8, 4) is 11.1 Å². The molecular formula is C26H23ClN2O5. The molecule has 0 fully saturated rings. The molecule has 3 aromatic carbocycles. The number of fused-ring (bicyclic) bond motifs is 3. The van der Waals surface area contributed by atoms with Crippen LogP contribution in [0.15, 0.2) is 66.7 Å². The molecule has 2 amide bonds. The third-order valence-corrected chi connectivity index (χ3v) is 5.92. The van der Waals surface area contributed by atoms with Gasteiger partial charge in [0.2, 0.25) is 5.91 Å². The molecule has 0 radical (unpaired) electrons. The van der Waals surface area contributed by atoms with Crippen LogP contribution < -0.4 is 10.6 Å². The first-order chi connectivity index (χ1) is 16.3. The third-order valence-electron chi connectivity index (χ3n) is 5.69. The number of amides is 2. The normalized spacial score (nSPS) is 12.9. The van der Waals surface area contributed by atoms with E-state index in [0.29, 0.717) is 5.02 Å². The van der Waals surface area contributed by atoms with Crippen LogP contribution in [0.5, 0.6) is 0 Å². The van der Waals surface area contributed by atoms with Crippen LogP contribution in [0, 0.1) is 0 Å². The summed E-state index contributed by atoms with van der Waals surface area (Å²) in [7, 11) is 0. The first kappa shape index (κ1) is 23.3. The highest BCUT2D eigenvalue weighted by molar-refractivity contribution is 6.31. The first-order valence-electron chi connectivity index (χ1n) is 10.8. The van der Waals surface area contributed by atoms with Gasteiger partial charge in [-0.25, -0.2) is 9.59 Å². The Labute approximate surface area is 201 Å².